The molecule has 14 heteroatoms. The van der Waals surface area contributed by atoms with E-state index in [-0.39, 0.29) is 39.0 Å². The summed E-state index contributed by atoms with van der Waals surface area (Å²) in [7, 11) is -2.02. The number of pyridine rings is 2. The third kappa shape index (κ3) is 4.47. The van der Waals surface area contributed by atoms with Crippen molar-refractivity contribution in [3.05, 3.63) is 30.1 Å². The topological polar surface area (TPSA) is 110 Å². The lowest BCUT2D eigenvalue weighted by atomic mass is 10.2. The number of hydrogen-bond acceptors (Lipinski definition) is 7. The summed E-state index contributed by atoms with van der Waals surface area (Å²) in [6, 6.07) is 2.08. The van der Waals surface area contributed by atoms with Gasteiger partial charge in [-0.1, -0.05) is 6.92 Å². The number of imidazole rings is 1. The van der Waals surface area contributed by atoms with Crippen LogP contribution in [0.15, 0.2) is 33.8 Å². The quantitative estimate of drug-likeness (QED) is 0.544. The molecule has 0 aliphatic carbocycles. The summed E-state index contributed by atoms with van der Waals surface area (Å²) in [5.41, 5.74) is -0.880. The number of aromatic nitrogens is 4. The molecule has 9 nitrogen and oxygen atoms in total. The molecule has 3 aromatic rings. The van der Waals surface area contributed by atoms with E-state index >= 15 is 0 Å². The van der Waals surface area contributed by atoms with Crippen molar-refractivity contribution in [1.82, 2.24) is 23.8 Å². The van der Waals surface area contributed by atoms with Gasteiger partial charge in [-0.2, -0.15) is 17.5 Å². The lowest BCUT2D eigenvalue weighted by Crippen LogP contribution is -2.19. The van der Waals surface area contributed by atoms with Crippen molar-refractivity contribution >= 4 is 36.6 Å². The van der Waals surface area contributed by atoms with Gasteiger partial charge in [0.1, 0.15) is 21.1 Å². The summed E-state index contributed by atoms with van der Waals surface area (Å²) in [4.78, 5) is 12.0. The zero-order valence-electron chi connectivity index (χ0n) is 17.9. The summed E-state index contributed by atoms with van der Waals surface area (Å²) in [5.74, 6) is -0.240. The highest BCUT2D eigenvalue weighted by Crippen LogP contribution is 2.33. The Morgan fingerprint density at radius 1 is 1.12 bits per heavy atom. The van der Waals surface area contributed by atoms with Gasteiger partial charge in [-0.15, -0.1) is 0 Å². The van der Waals surface area contributed by atoms with Crippen LogP contribution in [0.25, 0.3) is 22.7 Å². The summed E-state index contributed by atoms with van der Waals surface area (Å²) >= 11 is 0. The van der Waals surface area contributed by atoms with Crippen LogP contribution in [0.4, 0.5) is 18.9 Å². The predicted octanol–water partition coefficient (Wildman–Crippen LogP) is 3.05. The second-order valence-corrected chi connectivity index (χ2v) is 11.9. The number of rotatable bonds is 5. The number of fused-ring (bicyclic) bond motifs is 1. The lowest BCUT2D eigenvalue weighted by molar-refractivity contribution is -0.137. The van der Waals surface area contributed by atoms with E-state index in [0.717, 1.165) is 6.07 Å². The monoisotopic (exact) mass is 490 g/mol. The summed E-state index contributed by atoms with van der Waals surface area (Å²) in [5, 5.41) is 0. The van der Waals surface area contributed by atoms with Gasteiger partial charge >= 0.3 is 6.18 Å². The van der Waals surface area contributed by atoms with E-state index in [2.05, 4.69) is 19.3 Å². The predicted molar refractivity (Wildman–Crippen MR) is 114 cm³/mol. The fourth-order valence-electron chi connectivity index (χ4n) is 2.76. The van der Waals surface area contributed by atoms with Crippen LogP contribution in [0.5, 0.6) is 0 Å². The molecule has 3 rings (SSSR count). The molecular formula is C18H21F3N6O3S2. The first-order valence-electron chi connectivity index (χ1n) is 9.20. The summed E-state index contributed by atoms with van der Waals surface area (Å²) in [6.07, 6.45) is -1.28. The summed E-state index contributed by atoms with van der Waals surface area (Å²) in [6.45, 7) is 1.44. The summed E-state index contributed by atoms with van der Waals surface area (Å²) < 4.78 is 84.2. The molecule has 3 heterocycles. The molecule has 1 unspecified atom stereocenters. The van der Waals surface area contributed by atoms with E-state index in [1.54, 1.807) is 14.1 Å². The Morgan fingerprint density at radius 2 is 1.78 bits per heavy atom. The first-order valence-corrected chi connectivity index (χ1v) is 12.7. The number of alkyl halides is 3. The van der Waals surface area contributed by atoms with E-state index in [1.807, 2.05) is 0 Å². The first-order chi connectivity index (χ1) is 14.7. The molecule has 32 heavy (non-hydrogen) atoms. The van der Waals surface area contributed by atoms with Crippen LogP contribution in [0.1, 0.15) is 12.5 Å². The standard InChI is InChI=1S/C18H21F3N6O3S2/c1-6-32(29,30)14-8-12(25-31(5,28)26(2)3)10-22-15(14)17-24-13-7-11(18(19,20)21)9-23-16(13)27(17)4/h7-10H,6H2,1-5H3. The molecule has 0 aliphatic rings. The Hall–Kier alpha value is -2.58. The Morgan fingerprint density at radius 3 is 2.34 bits per heavy atom. The average Bonchev–Trinajstić information content (AvgIpc) is 3.03. The van der Waals surface area contributed by atoms with Crippen LogP contribution in [0.3, 0.4) is 0 Å². The molecule has 0 aromatic carbocycles. The van der Waals surface area contributed by atoms with Crippen LogP contribution >= 0.6 is 0 Å². The highest BCUT2D eigenvalue weighted by atomic mass is 32.2. The van der Waals surface area contributed by atoms with Gasteiger partial charge in [-0.05, 0) is 12.1 Å². The fraction of sp³-hybridized carbons (Fsp3) is 0.389. The maximum Gasteiger partial charge on any atom is 0.417 e. The fourth-order valence-corrected chi connectivity index (χ4v) is 4.47. The molecular weight excluding hydrogens is 469 g/mol. The van der Waals surface area contributed by atoms with Crippen LogP contribution < -0.4 is 0 Å². The Bertz CT molecular complexity index is 1420. The molecule has 174 valence electrons. The van der Waals surface area contributed by atoms with Gasteiger partial charge in [0.25, 0.3) is 0 Å². The third-order valence-electron chi connectivity index (χ3n) is 4.75. The van der Waals surface area contributed by atoms with Crippen molar-refractivity contribution in [3.8, 4) is 11.5 Å². The highest BCUT2D eigenvalue weighted by Gasteiger charge is 2.32. The van der Waals surface area contributed by atoms with Crippen molar-refractivity contribution in [2.45, 2.75) is 18.0 Å². The van der Waals surface area contributed by atoms with Gasteiger partial charge in [0.2, 0.25) is 0 Å². The normalized spacial score (nSPS) is 14.7. The molecule has 1 atom stereocenters. The largest absolute Gasteiger partial charge is 0.417 e. The molecule has 0 amide bonds. The molecule has 0 saturated carbocycles. The molecule has 0 N–H and O–H groups in total. The van der Waals surface area contributed by atoms with Gasteiger partial charge in [0, 0.05) is 33.6 Å². The number of halogens is 3. The molecule has 3 aromatic heterocycles. The van der Waals surface area contributed by atoms with E-state index in [4.69, 9.17) is 0 Å². The van der Waals surface area contributed by atoms with E-state index in [1.165, 1.54) is 41.4 Å². The zero-order chi connectivity index (χ0) is 24.1. The van der Waals surface area contributed by atoms with Gasteiger partial charge < -0.3 is 4.57 Å². The number of hydrogen-bond donors (Lipinski definition) is 0. The molecule has 0 spiro atoms. The van der Waals surface area contributed by atoms with Crippen molar-refractivity contribution in [2.75, 3.05) is 26.1 Å². The molecule has 0 aliphatic heterocycles. The van der Waals surface area contributed by atoms with Gasteiger partial charge in [-0.25, -0.2) is 31.9 Å². The second-order valence-electron chi connectivity index (χ2n) is 7.17. The van der Waals surface area contributed by atoms with Gasteiger partial charge in [0.15, 0.2) is 21.3 Å². The average molecular weight is 491 g/mol. The minimum Gasteiger partial charge on any atom is -0.310 e. The zero-order valence-corrected chi connectivity index (χ0v) is 19.5. The maximum absolute atomic E-state index is 13.0. The van der Waals surface area contributed by atoms with Crippen molar-refractivity contribution in [1.29, 1.82) is 0 Å². The number of sulfone groups is 1. The van der Waals surface area contributed by atoms with Gasteiger partial charge in [0.05, 0.1) is 28.1 Å². The Labute approximate surface area is 183 Å². The first kappa shape index (κ1) is 24.1. The molecule has 0 fully saturated rings. The van der Waals surface area contributed by atoms with E-state index < -0.39 is 31.5 Å². The van der Waals surface area contributed by atoms with Crippen molar-refractivity contribution in [3.63, 3.8) is 0 Å². The lowest BCUT2D eigenvalue weighted by Gasteiger charge is -2.13. The van der Waals surface area contributed by atoms with Crippen LogP contribution in [0.2, 0.25) is 0 Å². The smallest absolute Gasteiger partial charge is 0.310 e. The molecule has 0 radical (unpaired) electrons. The number of aryl methyl sites for hydroxylation is 1. The molecule has 0 saturated heterocycles. The minimum absolute atomic E-state index is 0.0234. The third-order valence-corrected chi connectivity index (χ3v) is 8.40. The Kier molecular flexibility index (Phi) is 6.08. The minimum atomic E-state index is -4.60. The van der Waals surface area contributed by atoms with Crippen LogP contribution in [-0.2, 0) is 33.0 Å². The van der Waals surface area contributed by atoms with E-state index in [0.29, 0.717) is 6.20 Å². The van der Waals surface area contributed by atoms with Crippen LogP contribution in [-0.4, -0.2) is 62.6 Å². The van der Waals surface area contributed by atoms with Crippen molar-refractivity contribution < 1.29 is 25.8 Å². The van der Waals surface area contributed by atoms with Crippen LogP contribution in [0, 0.1) is 0 Å². The maximum atomic E-state index is 13.0. The Balaban J connectivity index is 2.29. The van der Waals surface area contributed by atoms with E-state index in [9.17, 15) is 25.8 Å². The van der Waals surface area contributed by atoms with Crippen molar-refractivity contribution in [2.24, 2.45) is 11.4 Å². The number of nitrogens with zero attached hydrogens (tertiary/aromatic N) is 6. The second kappa shape index (κ2) is 8.08. The van der Waals surface area contributed by atoms with Gasteiger partial charge in [-0.3, -0.25) is 0 Å². The highest BCUT2D eigenvalue weighted by molar-refractivity contribution is 7.91. The molecule has 0 bridgehead atoms. The SMILES string of the molecule is CCS(=O)(=O)c1cc(N=S(C)(=O)N(C)C)cnc1-c1nc2cc(C(F)(F)F)cnc2n1C.